The molecule has 0 spiro atoms. The lowest BCUT2D eigenvalue weighted by molar-refractivity contribution is -0.154. The van der Waals surface area contributed by atoms with Gasteiger partial charge in [-0.05, 0) is 70.2 Å². The second kappa shape index (κ2) is 10.6. The number of esters is 1. The van der Waals surface area contributed by atoms with Crippen molar-refractivity contribution in [1.29, 1.82) is 0 Å². The minimum Gasteiger partial charge on any atom is -0.457 e. The summed E-state index contributed by atoms with van der Waals surface area (Å²) >= 11 is 3.53. The van der Waals surface area contributed by atoms with Crippen LogP contribution in [0.25, 0.3) is 10.9 Å². The molecule has 0 fully saturated rings. The fraction of sp³-hybridized carbons (Fsp3) is 0.571. The minimum atomic E-state index is -0.583. The molecule has 1 aromatic heterocycles. The van der Waals surface area contributed by atoms with Crippen LogP contribution in [-0.4, -0.2) is 29.2 Å². The maximum absolute atomic E-state index is 12.4. The number of hydrogen-bond donors (Lipinski definition) is 3. The number of carbonyl (C=O) groups excluding carboxylic acids is 1. The predicted octanol–water partition coefficient (Wildman–Crippen LogP) is 3.79. The molecule has 1 aliphatic rings. The number of H-pyrrole nitrogens is 1. The van der Waals surface area contributed by atoms with Crippen LogP contribution in [0.15, 0.2) is 16.9 Å². The Morgan fingerprint density at radius 3 is 2.54 bits per heavy atom. The largest absolute Gasteiger partial charge is 0.457 e. The number of carbonyl (C=O) groups is 1. The van der Waals surface area contributed by atoms with E-state index in [0.717, 1.165) is 12.8 Å². The van der Waals surface area contributed by atoms with E-state index in [1.807, 2.05) is 33.0 Å². The second-order valence-corrected chi connectivity index (χ2v) is 7.29. The van der Waals surface area contributed by atoms with E-state index in [0.29, 0.717) is 16.7 Å². The molecule has 0 amide bonds. The highest BCUT2D eigenvalue weighted by Crippen LogP contribution is 2.32. The normalized spacial score (nSPS) is 15.1. The van der Waals surface area contributed by atoms with Gasteiger partial charge in [0, 0.05) is 6.04 Å². The smallest absolute Gasteiger partial charge is 0.311 e. The Hall–Kier alpha value is -1.86. The average molecular weight is 408 g/mol. The molecule has 28 heavy (non-hydrogen) atoms. The fourth-order valence-corrected chi connectivity index (χ4v) is 3.01. The zero-order valence-corrected chi connectivity index (χ0v) is 18.9. The Bertz CT molecular complexity index is 856. The summed E-state index contributed by atoms with van der Waals surface area (Å²) in [6, 6.07) is 4.19. The van der Waals surface area contributed by atoms with Gasteiger partial charge in [0.25, 0.3) is 5.56 Å². The van der Waals surface area contributed by atoms with Crippen LogP contribution >= 0.6 is 12.6 Å². The van der Waals surface area contributed by atoms with Gasteiger partial charge in [-0.3, -0.25) is 9.59 Å². The van der Waals surface area contributed by atoms with Gasteiger partial charge in [0.15, 0.2) is 0 Å². The van der Waals surface area contributed by atoms with Gasteiger partial charge < -0.3 is 15.0 Å². The van der Waals surface area contributed by atoms with Crippen LogP contribution in [0, 0.1) is 5.41 Å². The summed E-state index contributed by atoms with van der Waals surface area (Å²) in [5, 5.41) is 3.84. The highest BCUT2D eigenvalue weighted by molar-refractivity contribution is 7.79. The van der Waals surface area contributed by atoms with E-state index in [-0.39, 0.29) is 24.2 Å². The van der Waals surface area contributed by atoms with Crippen molar-refractivity contribution in [2.75, 3.05) is 13.3 Å². The lowest BCUT2D eigenvalue weighted by Gasteiger charge is -2.16. The number of aromatic amines is 1. The third kappa shape index (κ3) is 5.58. The van der Waals surface area contributed by atoms with Crippen molar-refractivity contribution in [3.63, 3.8) is 0 Å². The number of benzene rings is 1. The Labute approximate surface area is 172 Å². The van der Waals surface area contributed by atoms with E-state index in [1.165, 1.54) is 11.1 Å². The Morgan fingerprint density at radius 2 is 1.96 bits per heavy atom. The van der Waals surface area contributed by atoms with E-state index in [1.54, 1.807) is 27.0 Å². The second-order valence-electron chi connectivity index (χ2n) is 7.29. The molecule has 1 atom stereocenters. The molecular weight excluding hydrogens is 374 g/mol. The number of aromatic nitrogens is 2. The van der Waals surface area contributed by atoms with Gasteiger partial charge >= 0.3 is 5.97 Å². The van der Waals surface area contributed by atoms with Gasteiger partial charge in [-0.1, -0.05) is 13.8 Å². The summed E-state index contributed by atoms with van der Waals surface area (Å²) in [6.07, 6.45) is 3.69. The third-order valence-corrected chi connectivity index (χ3v) is 4.39. The van der Waals surface area contributed by atoms with Gasteiger partial charge in [-0.15, -0.1) is 0 Å². The van der Waals surface area contributed by atoms with Crippen molar-refractivity contribution in [2.45, 2.75) is 60.1 Å². The lowest BCUT2D eigenvalue weighted by Crippen LogP contribution is -2.24. The number of aryl methyl sites for hydroxylation is 1. The molecule has 1 aliphatic carbocycles. The van der Waals surface area contributed by atoms with E-state index < -0.39 is 5.41 Å². The minimum absolute atomic E-state index is 0.0302. The highest BCUT2D eigenvalue weighted by Gasteiger charge is 2.24. The first kappa shape index (κ1) is 24.2. The summed E-state index contributed by atoms with van der Waals surface area (Å²) in [7, 11) is 1.93. The molecule has 3 rings (SSSR count). The first-order valence-corrected chi connectivity index (χ1v) is 10.5. The van der Waals surface area contributed by atoms with Crippen molar-refractivity contribution in [2.24, 2.45) is 5.41 Å². The van der Waals surface area contributed by atoms with E-state index in [2.05, 4.69) is 27.9 Å². The number of thiol groups is 1. The molecule has 0 saturated heterocycles. The maximum atomic E-state index is 12.4. The summed E-state index contributed by atoms with van der Waals surface area (Å²) < 4.78 is 5.24. The quantitative estimate of drug-likeness (QED) is 0.532. The Morgan fingerprint density at radius 1 is 1.32 bits per heavy atom. The number of nitrogens with zero attached hydrogens (tertiary/aromatic N) is 1. The molecule has 1 aromatic carbocycles. The topological polar surface area (TPSA) is 84.1 Å². The van der Waals surface area contributed by atoms with Crippen LogP contribution in [0.1, 0.15) is 64.0 Å². The average Bonchev–Trinajstić information content (AvgIpc) is 3.09. The SMILES string of the molecule is CC.CNC1CCc2cc3nc(COC(=O)C(C)(C)C)[nH]c(=O)c3cc21.CS. The standard InChI is InChI=1S/C18H23N3O3.C2H6.CH4S/c1-18(2,3)17(23)24-9-15-20-14-7-10-5-6-13(19-4)11(10)8-12(14)16(22)21-15;2*1-2/h7-8,13,19H,5-6,9H2,1-4H3,(H,20,21,22);1-2H3;2H,1H3. The summed E-state index contributed by atoms with van der Waals surface area (Å²) in [4.78, 5) is 31.4. The van der Waals surface area contributed by atoms with Crippen LogP contribution in [0.5, 0.6) is 0 Å². The number of fused-ring (bicyclic) bond motifs is 2. The van der Waals surface area contributed by atoms with E-state index in [4.69, 9.17) is 4.74 Å². The van der Waals surface area contributed by atoms with Crippen LogP contribution in [0.4, 0.5) is 0 Å². The molecule has 1 unspecified atom stereocenters. The van der Waals surface area contributed by atoms with Crippen molar-refractivity contribution >= 4 is 29.5 Å². The van der Waals surface area contributed by atoms with Crippen LogP contribution in [0.2, 0.25) is 0 Å². The van der Waals surface area contributed by atoms with Crippen LogP contribution in [0.3, 0.4) is 0 Å². The number of ether oxygens (including phenoxy) is 1. The third-order valence-electron chi connectivity index (χ3n) is 4.39. The highest BCUT2D eigenvalue weighted by atomic mass is 32.1. The molecular formula is C21H33N3O3S. The van der Waals surface area contributed by atoms with Gasteiger partial charge in [0.2, 0.25) is 0 Å². The van der Waals surface area contributed by atoms with Crippen molar-refractivity contribution in [3.05, 3.63) is 39.4 Å². The van der Waals surface area contributed by atoms with Gasteiger partial charge in [0.05, 0.1) is 16.3 Å². The zero-order chi connectivity index (χ0) is 21.5. The van der Waals surface area contributed by atoms with E-state index >= 15 is 0 Å². The van der Waals surface area contributed by atoms with Crippen molar-refractivity contribution < 1.29 is 9.53 Å². The Kier molecular flexibility index (Phi) is 9.17. The molecule has 0 radical (unpaired) electrons. The van der Waals surface area contributed by atoms with Gasteiger partial charge in [-0.25, -0.2) is 4.98 Å². The molecule has 156 valence electrons. The first-order chi connectivity index (χ1) is 13.3. The molecule has 0 saturated carbocycles. The molecule has 2 aromatic rings. The first-order valence-electron chi connectivity index (χ1n) is 9.64. The molecule has 2 N–H and O–H groups in total. The summed E-state index contributed by atoms with van der Waals surface area (Å²) in [5.41, 5.74) is 2.25. The Balaban J connectivity index is 0.000000921. The molecule has 6 nitrogen and oxygen atoms in total. The van der Waals surface area contributed by atoms with Crippen molar-refractivity contribution in [1.82, 2.24) is 15.3 Å². The van der Waals surface area contributed by atoms with Gasteiger partial charge in [-0.2, -0.15) is 12.6 Å². The summed E-state index contributed by atoms with van der Waals surface area (Å²) in [6.45, 7) is 9.33. The van der Waals surface area contributed by atoms with E-state index in [9.17, 15) is 9.59 Å². The van der Waals surface area contributed by atoms with Gasteiger partial charge in [0.1, 0.15) is 12.4 Å². The molecule has 0 aliphatic heterocycles. The zero-order valence-electron chi connectivity index (χ0n) is 18.0. The van der Waals surface area contributed by atoms with Crippen LogP contribution < -0.4 is 10.9 Å². The summed E-state index contributed by atoms with van der Waals surface area (Å²) in [5.74, 6) is 0.0456. The maximum Gasteiger partial charge on any atom is 0.311 e. The van der Waals surface area contributed by atoms with Crippen molar-refractivity contribution in [3.8, 4) is 0 Å². The molecule has 0 bridgehead atoms. The monoisotopic (exact) mass is 407 g/mol. The lowest BCUT2D eigenvalue weighted by atomic mass is 9.97. The number of rotatable bonds is 3. The number of nitrogens with one attached hydrogen (secondary N) is 2. The number of hydrogen-bond acceptors (Lipinski definition) is 6. The predicted molar refractivity (Wildman–Crippen MR) is 118 cm³/mol. The van der Waals surface area contributed by atoms with Crippen LogP contribution in [-0.2, 0) is 22.6 Å². The molecule has 1 heterocycles. The molecule has 7 heteroatoms. The fourth-order valence-electron chi connectivity index (χ4n) is 3.01.